The number of rotatable bonds is 3. The average molecular weight is 342 g/mol. The number of sulfonamides is 1. The van der Waals surface area contributed by atoms with Crippen molar-refractivity contribution in [1.29, 1.82) is 0 Å². The number of nitrogens with two attached hydrogens (primary N) is 2. The normalized spacial score (nSPS) is 11.3. The zero-order valence-corrected chi connectivity index (χ0v) is 12.2. The minimum atomic E-state index is -3.75. The van der Waals surface area contributed by atoms with Crippen molar-refractivity contribution in [2.24, 2.45) is 5.14 Å². The summed E-state index contributed by atoms with van der Waals surface area (Å²) in [6.07, 6.45) is 0. The summed E-state index contributed by atoms with van der Waals surface area (Å²) in [5, 5.41) is 8.14. The summed E-state index contributed by atoms with van der Waals surface area (Å²) < 4.78 is 23.5. The Morgan fingerprint density at radius 1 is 1.11 bits per heavy atom. The number of hydrogen-bond donors (Lipinski definition) is 3. The molecule has 5 nitrogen and oxygen atoms in total. The minimum absolute atomic E-state index is 0.0131. The maximum Gasteiger partial charge on any atom is 0.238 e. The molecule has 0 aliphatic heterocycles. The van der Waals surface area contributed by atoms with E-state index < -0.39 is 10.0 Å². The van der Waals surface area contributed by atoms with E-state index in [0.29, 0.717) is 11.4 Å². The molecule has 0 amide bonds. The molecule has 2 rings (SSSR count). The molecule has 2 aromatic carbocycles. The third kappa shape index (κ3) is 3.46. The molecule has 0 bridgehead atoms. The smallest absolute Gasteiger partial charge is 0.238 e. The molecule has 0 saturated carbocycles. The average Bonchev–Trinajstić information content (AvgIpc) is 2.30. The van der Waals surface area contributed by atoms with Gasteiger partial charge in [-0.1, -0.05) is 22.0 Å². The first kappa shape index (κ1) is 13.9. The standard InChI is InChI=1S/C12H12BrN3O2S/c13-8-2-1-3-9(6-8)16-12-7-10(19(15,17)18)4-5-11(12)14/h1-7,16H,14H2,(H2,15,17,18). The Morgan fingerprint density at radius 3 is 2.47 bits per heavy atom. The Kier molecular flexibility index (Phi) is 3.79. The van der Waals surface area contributed by atoms with E-state index in [2.05, 4.69) is 21.2 Å². The van der Waals surface area contributed by atoms with E-state index in [0.717, 1.165) is 10.2 Å². The van der Waals surface area contributed by atoms with Crippen LogP contribution in [-0.4, -0.2) is 8.42 Å². The molecular weight excluding hydrogens is 330 g/mol. The van der Waals surface area contributed by atoms with Crippen molar-refractivity contribution < 1.29 is 8.42 Å². The lowest BCUT2D eigenvalue weighted by atomic mass is 10.2. The Bertz CT molecular complexity index is 717. The molecule has 0 fully saturated rings. The molecular formula is C12H12BrN3O2S. The van der Waals surface area contributed by atoms with Gasteiger partial charge in [0, 0.05) is 10.2 Å². The summed E-state index contributed by atoms with van der Waals surface area (Å²) in [6, 6.07) is 11.7. The fourth-order valence-electron chi connectivity index (χ4n) is 1.54. The molecule has 19 heavy (non-hydrogen) atoms. The van der Waals surface area contributed by atoms with Crippen molar-refractivity contribution in [3.05, 3.63) is 46.9 Å². The van der Waals surface area contributed by atoms with Crippen molar-refractivity contribution in [3.8, 4) is 0 Å². The topological polar surface area (TPSA) is 98.2 Å². The number of nitrogens with one attached hydrogen (secondary N) is 1. The van der Waals surface area contributed by atoms with E-state index in [9.17, 15) is 8.42 Å². The van der Waals surface area contributed by atoms with E-state index >= 15 is 0 Å². The van der Waals surface area contributed by atoms with Crippen LogP contribution >= 0.6 is 15.9 Å². The van der Waals surface area contributed by atoms with Crippen molar-refractivity contribution in [3.63, 3.8) is 0 Å². The van der Waals surface area contributed by atoms with Crippen LogP contribution < -0.4 is 16.2 Å². The molecule has 7 heteroatoms. The van der Waals surface area contributed by atoms with Gasteiger partial charge in [0.1, 0.15) is 0 Å². The number of benzene rings is 2. The Hall–Kier alpha value is -1.57. The Morgan fingerprint density at radius 2 is 1.84 bits per heavy atom. The van der Waals surface area contributed by atoms with Crippen LogP contribution in [0.3, 0.4) is 0 Å². The molecule has 100 valence electrons. The maximum absolute atomic E-state index is 11.3. The third-order valence-electron chi connectivity index (χ3n) is 2.46. The largest absolute Gasteiger partial charge is 0.397 e. The van der Waals surface area contributed by atoms with Crippen LogP contribution in [0.1, 0.15) is 0 Å². The van der Waals surface area contributed by atoms with Crippen molar-refractivity contribution in [1.82, 2.24) is 0 Å². The van der Waals surface area contributed by atoms with E-state index in [4.69, 9.17) is 10.9 Å². The first-order valence-corrected chi connectivity index (χ1v) is 7.65. The summed E-state index contributed by atoms with van der Waals surface area (Å²) in [6.45, 7) is 0. The number of hydrogen-bond acceptors (Lipinski definition) is 4. The second-order valence-corrected chi connectivity index (χ2v) is 6.41. The number of anilines is 3. The van der Waals surface area contributed by atoms with Gasteiger partial charge < -0.3 is 11.1 Å². The van der Waals surface area contributed by atoms with E-state index in [1.807, 2.05) is 24.3 Å². The number of primary sulfonamides is 1. The van der Waals surface area contributed by atoms with Crippen LogP contribution in [0.25, 0.3) is 0 Å². The molecule has 0 atom stereocenters. The quantitative estimate of drug-likeness (QED) is 0.746. The van der Waals surface area contributed by atoms with Gasteiger partial charge in [-0.3, -0.25) is 0 Å². The highest BCUT2D eigenvalue weighted by atomic mass is 79.9. The second kappa shape index (κ2) is 5.20. The monoisotopic (exact) mass is 341 g/mol. The lowest BCUT2D eigenvalue weighted by molar-refractivity contribution is 0.598. The van der Waals surface area contributed by atoms with Gasteiger partial charge >= 0.3 is 0 Å². The summed E-state index contributed by atoms with van der Waals surface area (Å²) in [4.78, 5) is 0.0131. The summed E-state index contributed by atoms with van der Waals surface area (Å²) in [5.41, 5.74) is 7.52. The van der Waals surface area contributed by atoms with E-state index in [1.165, 1.54) is 18.2 Å². The van der Waals surface area contributed by atoms with Gasteiger partial charge in [-0.15, -0.1) is 0 Å². The number of nitrogen functional groups attached to an aromatic ring is 1. The predicted octanol–water partition coefficient (Wildman–Crippen LogP) is 2.42. The highest BCUT2D eigenvalue weighted by Gasteiger charge is 2.10. The SMILES string of the molecule is Nc1ccc(S(N)(=O)=O)cc1Nc1cccc(Br)c1. The fourth-order valence-corrected chi connectivity index (χ4v) is 2.48. The molecule has 0 spiro atoms. The molecule has 0 aliphatic carbocycles. The van der Waals surface area contributed by atoms with Gasteiger partial charge in [-0.25, -0.2) is 13.6 Å². The second-order valence-electron chi connectivity index (χ2n) is 3.93. The lowest BCUT2D eigenvalue weighted by Crippen LogP contribution is -2.12. The van der Waals surface area contributed by atoms with Crippen LogP contribution in [0.2, 0.25) is 0 Å². The molecule has 0 unspecified atom stereocenters. The van der Waals surface area contributed by atoms with Gasteiger partial charge in [0.25, 0.3) is 0 Å². The minimum Gasteiger partial charge on any atom is -0.397 e. The van der Waals surface area contributed by atoms with Crippen molar-refractivity contribution in [2.45, 2.75) is 4.90 Å². The maximum atomic E-state index is 11.3. The molecule has 0 saturated heterocycles. The predicted molar refractivity (Wildman–Crippen MR) is 79.7 cm³/mol. The first-order chi connectivity index (χ1) is 8.86. The fraction of sp³-hybridized carbons (Fsp3) is 0. The molecule has 0 aliphatic rings. The van der Waals surface area contributed by atoms with Crippen molar-refractivity contribution >= 4 is 43.0 Å². The van der Waals surface area contributed by atoms with Crippen LogP contribution in [0, 0.1) is 0 Å². The Labute approximate surface area is 119 Å². The Balaban J connectivity index is 2.40. The van der Waals surface area contributed by atoms with Crippen LogP contribution in [0.5, 0.6) is 0 Å². The summed E-state index contributed by atoms with van der Waals surface area (Å²) in [5.74, 6) is 0. The summed E-state index contributed by atoms with van der Waals surface area (Å²) in [7, 11) is -3.75. The van der Waals surface area contributed by atoms with Gasteiger partial charge in [-0.05, 0) is 36.4 Å². The van der Waals surface area contributed by atoms with Gasteiger partial charge in [0.15, 0.2) is 0 Å². The highest BCUT2D eigenvalue weighted by molar-refractivity contribution is 9.10. The molecule has 5 N–H and O–H groups in total. The molecule has 0 aromatic heterocycles. The van der Waals surface area contributed by atoms with Crippen LogP contribution in [0.4, 0.5) is 17.1 Å². The zero-order valence-electron chi connectivity index (χ0n) is 9.80. The zero-order chi connectivity index (χ0) is 14.0. The highest BCUT2D eigenvalue weighted by Crippen LogP contribution is 2.27. The molecule has 2 aromatic rings. The van der Waals surface area contributed by atoms with Gasteiger partial charge in [0.2, 0.25) is 10.0 Å². The van der Waals surface area contributed by atoms with E-state index in [1.54, 1.807) is 0 Å². The van der Waals surface area contributed by atoms with E-state index in [-0.39, 0.29) is 4.90 Å². The van der Waals surface area contributed by atoms with Crippen LogP contribution in [-0.2, 0) is 10.0 Å². The molecule has 0 heterocycles. The van der Waals surface area contributed by atoms with Gasteiger partial charge in [-0.2, -0.15) is 0 Å². The lowest BCUT2D eigenvalue weighted by Gasteiger charge is -2.11. The summed E-state index contributed by atoms with van der Waals surface area (Å²) >= 11 is 3.35. The van der Waals surface area contributed by atoms with Crippen LogP contribution in [0.15, 0.2) is 51.8 Å². The first-order valence-electron chi connectivity index (χ1n) is 5.31. The number of halogens is 1. The third-order valence-corrected chi connectivity index (χ3v) is 3.86. The molecule has 0 radical (unpaired) electrons. The van der Waals surface area contributed by atoms with Crippen molar-refractivity contribution in [2.75, 3.05) is 11.1 Å². The van der Waals surface area contributed by atoms with Gasteiger partial charge in [0.05, 0.1) is 16.3 Å².